The van der Waals surface area contributed by atoms with Gasteiger partial charge in [-0.1, -0.05) is 0 Å². The summed E-state index contributed by atoms with van der Waals surface area (Å²) in [6, 6.07) is -1.93. The molecule has 0 spiro atoms. The number of amides is 1. The van der Waals surface area contributed by atoms with Crippen LogP contribution in [0, 0.1) is 0 Å². The van der Waals surface area contributed by atoms with E-state index in [1.54, 1.807) is 5.32 Å². The molecule has 0 heterocycles. The molecule has 0 saturated heterocycles. The second-order valence-electron chi connectivity index (χ2n) is 5.51. The number of hydrogen-bond donors (Lipinski definition) is 3. The molecule has 0 aromatic rings. The van der Waals surface area contributed by atoms with Crippen molar-refractivity contribution >= 4 is 12.1 Å². The predicted octanol–water partition coefficient (Wildman–Crippen LogP) is 1.67. The van der Waals surface area contributed by atoms with Crippen molar-refractivity contribution in [3.63, 3.8) is 0 Å². The first-order valence-corrected chi connectivity index (χ1v) is 5.67. The smallest absolute Gasteiger partial charge is 0.416 e. The lowest BCUT2D eigenvalue weighted by molar-refractivity contribution is -0.256. The third-order valence-corrected chi connectivity index (χ3v) is 2.20. The van der Waals surface area contributed by atoms with Gasteiger partial charge in [-0.3, -0.25) is 0 Å². The van der Waals surface area contributed by atoms with Gasteiger partial charge < -0.3 is 20.3 Å². The molecule has 0 bridgehead atoms. The minimum Gasteiger partial charge on any atom is -0.480 e. The van der Waals surface area contributed by atoms with Crippen LogP contribution in [0.1, 0.15) is 34.1 Å². The lowest BCUT2D eigenvalue weighted by Crippen LogP contribution is -2.52. The van der Waals surface area contributed by atoms with Crippen LogP contribution in [0.4, 0.5) is 18.0 Å². The number of halogens is 3. The van der Waals surface area contributed by atoms with E-state index in [1.807, 2.05) is 0 Å². The van der Waals surface area contributed by atoms with Gasteiger partial charge in [-0.05, 0) is 27.7 Å². The van der Waals surface area contributed by atoms with Gasteiger partial charge in [-0.15, -0.1) is 0 Å². The summed E-state index contributed by atoms with van der Waals surface area (Å²) in [5.74, 6) is -1.71. The van der Waals surface area contributed by atoms with Crippen LogP contribution in [0.5, 0.6) is 0 Å². The van der Waals surface area contributed by atoms with Gasteiger partial charge in [0.05, 0.1) is 0 Å². The van der Waals surface area contributed by atoms with Crippen molar-refractivity contribution in [1.82, 2.24) is 5.32 Å². The second-order valence-corrected chi connectivity index (χ2v) is 5.51. The fraction of sp³-hybridized carbons (Fsp3) is 0.818. The Morgan fingerprint density at radius 1 is 1.20 bits per heavy atom. The number of rotatable bonds is 4. The number of carboxylic acid groups (broad SMARTS) is 1. The number of carbonyl (C=O) groups excluding carboxylic acids is 1. The molecule has 0 fully saturated rings. The van der Waals surface area contributed by atoms with E-state index in [2.05, 4.69) is 0 Å². The topological polar surface area (TPSA) is 95.9 Å². The summed E-state index contributed by atoms with van der Waals surface area (Å²) < 4.78 is 42.2. The highest BCUT2D eigenvalue weighted by Gasteiger charge is 2.52. The zero-order valence-corrected chi connectivity index (χ0v) is 11.5. The third-order valence-electron chi connectivity index (χ3n) is 2.20. The van der Waals surface area contributed by atoms with Crippen molar-refractivity contribution in [2.45, 2.75) is 57.5 Å². The minimum atomic E-state index is -5.02. The van der Waals surface area contributed by atoms with Crippen LogP contribution in [0.2, 0.25) is 0 Å². The Morgan fingerprint density at radius 3 is 1.95 bits per heavy atom. The number of ether oxygens (including phenoxy) is 1. The molecule has 1 amide bonds. The Labute approximate surface area is 113 Å². The van der Waals surface area contributed by atoms with E-state index in [9.17, 15) is 27.9 Å². The Morgan fingerprint density at radius 2 is 1.65 bits per heavy atom. The average molecular weight is 301 g/mol. The van der Waals surface area contributed by atoms with Crippen LogP contribution in [-0.2, 0) is 9.53 Å². The highest BCUT2D eigenvalue weighted by molar-refractivity contribution is 5.80. The number of alkyl carbamates (subject to hydrolysis) is 1. The van der Waals surface area contributed by atoms with Crippen molar-refractivity contribution in [2.75, 3.05) is 0 Å². The van der Waals surface area contributed by atoms with Gasteiger partial charge >= 0.3 is 18.2 Å². The van der Waals surface area contributed by atoms with E-state index in [0.717, 1.165) is 0 Å². The van der Waals surface area contributed by atoms with E-state index in [-0.39, 0.29) is 0 Å². The maximum Gasteiger partial charge on any atom is 0.416 e. The van der Waals surface area contributed by atoms with Crippen LogP contribution in [0.3, 0.4) is 0 Å². The first-order valence-electron chi connectivity index (χ1n) is 5.67. The van der Waals surface area contributed by atoms with Gasteiger partial charge in [0.2, 0.25) is 0 Å². The van der Waals surface area contributed by atoms with E-state index in [0.29, 0.717) is 6.92 Å². The minimum absolute atomic E-state index is 0.430. The molecule has 0 aromatic carbocycles. The number of carbonyl (C=O) groups is 2. The van der Waals surface area contributed by atoms with Gasteiger partial charge in [0.25, 0.3) is 0 Å². The van der Waals surface area contributed by atoms with Crippen LogP contribution in [0.15, 0.2) is 0 Å². The number of hydrogen-bond acceptors (Lipinski definition) is 4. The fourth-order valence-electron chi connectivity index (χ4n) is 1.16. The lowest BCUT2D eigenvalue weighted by Gasteiger charge is -2.29. The molecule has 0 saturated carbocycles. The van der Waals surface area contributed by atoms with E-state index < -0.39 is 41.9 Å². The quantitative estimate of drug-likeness (QED) is 0.734. The normalized spacial score (nSPS) is 17.0. The molecule has 6 nitrogen and oxygen atoms in total. The Bertz CT molecular complexity index is 373. The SMILES string of the molecule is CC(C)(C)OC(=O)NC(CC(C)(O)C(F)(F)F)C(=O)O. The van der Waals surface area contributed by atoms with E-state index in [4.69, 9.17) is 9.84 Å². The summed E-state index contributed by atoms with van der Waals surface area (Å²) in [4.78, 5) is 22.2. The highest BCUT2D eigenvalue weighted by atomic mass is 19.4. The maximum atomic E-state index is 12.5. The average Bonchev–Trinajstić information content (AvgIpc) is 2.10. The first kappa shape index (κ1) is 18.5. The summed E-state index contributed by atoms with van der Waals surface area (Å²) in [6.07, 6.45) is -7.43. The number of carboxylic acids is 1. The molecule has 118 valence electrons. The summed E-state index contributed by atoms with van der Waals surface area (Å²) in [7, 11) is 0. The summed E-state index contributed by atoms with van der Waals surface area (Å²) >= 11 is 0. The molecular formula is C11H18F3NO5. The van der Waals surface area contributed by atoms with Gasteiger partial charge in [-0.25, -0.2) is 9.59 Å². The van der Waals surface area contributed by atoms with Gasteiger partial charge in [0.15, 0.2) is 5.60 Å². The van der Waals surface area contributed by atoms with Gasteiger partial charge in [0.1, 0.15) is 11.6 Å². The molecule has 2 unspecified atom stereocenters. The molecule has 2 atom stereocenters. The number of nitrogens with one attached hydrogen (secondary N) is 1. The molecule has 20 heavy (non-hydrogen) atoms. The molecule has 0 aromatic heterocycles. The van der Waals surface area contributed by atoms with Crippen molar-refractivity contribution in [3.8, 4) is 0 Å². The molecule has 0 radical (unpaired) electrons. The molecule has 3 N–H and O–H groups in total. The van der Waals surface area contributed by atoms with Crippen molar-refractivity contribution in [1.29, 1.82) is 0 Å². The van der Waals surface area contributed by atoms with Crippen molar-refractivity contribution in [2.24, 2.45) is 0 Å². The number of aliphatic hydroxyl groups is 1. The molecule has 0 rings (SSSR count). The molecule has 9 heteroatoms. The Balaban J connectivity index is 4.86. The largest absolute Gasteiger partial charge is 0.480 e. The first-order chi connectivity index (χ1) is 8.66. The monoisotopic (exact) mass is 301 g/mol. The van der Waals surface area contributed by atoms with Gasteiger partial charge in [-0.2, -0.15) is 13.2 Å². The zero-order chi connectivity index (χ0) is 16.4. The number of aliphatic carboxylic acids is 1. The second kappa shape index (κ2) is 5.86. The third kappa shape index (κ3) is 6.09. The maximum absolute atomic E-state index is 12.5. The predicted molar refractivity (Wildman–Crippen MR) is 62.1 cm³/mol. The lowest BCUT2D eigenvalue weighted by atomic mass is 9.96. The standard InChI is InChI=1S/C11H18F3NO5/c1-9(2,3)20-8(18)15-6(7(16)17)5-10(4,19)11(12,13)14/h6,19H,5H2,1-4H3,(H,15,18)(H,16,17). The van der Waals surface area contributed by atoms with Crippen LogP contribution in [-0.4, -0.2) is 45.7 Å². The molecular weight excluding hydrogens is 283 g/mol. The van der Waals surface area contributed by atoms with Crippen LogP contribution < -0.4 is 5.32 Å². The molecule has 0 aliphatic heterocycles. The molecule has 0 aliphatic carbocycles. The molecule has 0 aliphatic rings. The Kier molecular flexibility index (Phi) is 5.42. The van der Waals surface area contributed by atoms with Crippen molar-refractivity contribution < 1.29 is 37.7 Å². The van der Waals surface area contributed by atoms with Crippen LogP contribution >= 0.6 is 0 Å². The summed E-state index contributed by atoms with van der Waals surface area (Å²) in [5, 5.41) is 19.8. The zero-order valence-electron chi connectivity index (χ0n) is 11.5. The van der Waals surface area contributed by atoms with E-state index >= 15 is 0 Å². The van der Waals surface area contributed by atoms with E-state index in [1.165, 1.54) is 20.8 Å². The van der Waals surface area contributed by atoms with Crippen LogP contribution in [0.25, 0.3) is 0 Å². The fourth-order valence-corrected chi connectivity index (χ4v) is 1.16. The summed E-state index contributed by atoms with van der Waals surface area (Å²) in [5.41, 5.74) is -4.18. The van der Waals surface area contributed by atoms with Crippen molar-refractivity contribution in [3.05, 3.63) is 0 Å². The Hall–Kier alpha value is -1.51. The number of alkyl halides is 3. The van der Waals surface area contributed by atoms with Gasteiger partial charge in [0, 0.05) is 6.42 Å². The highest BCUT2D eigenvalue weighted by Crippen LogP contribution is 2.33. The summed E-state index contributed by atoms with van der Waals surface area (Å²) in [6.45, 7) is 4.95.